The third-order valence-corrected chi connectivity index (χ3v) is 3.50. The quantitative estimate of drug-likeness (QED) is 0.845. The van der Waals surface area contributed by atoms with Gasteiger partial charge < -0.3 is 10.1 Å². The van der Waals surface area contributed by atoms with Crippen molar-refractivity contribution in [3.05, 3.63) is 64.7 Å². The molecule has 0 fully saturated rings. The van der Waals surface area contributed by atoms with Gasteiger partial charge in [0.1, 0.15) is 6.07 Å². The van der Waals surface area contributed by atoms with Gasteiger partial charge in [0, 0.05) is 5.02 Å². The minimum Gasteiger partial charge on any atom is -0.452 e. The maximum Gasteiger partial charge on any atom is 0.311 e. The summed E-state index contributed by atoms with van der Waals surface area (Å²) in [5.74, 6) is -1.02. The minimum atomic E-state index is -0.975. The molecule has 6 heteroatoms. The van der Waals surface area contributed by atoms with Gasteiger partial charge in [-0.3, -0.25) is 9.59 Å². The molecule has 0 aliphatic carbocycles. The Kier molecular flexibility index (Phi) is 5.94. The number of ether oxygens (including phenoxy) is 1. The van der Waals surface area contributed by atoms with Crippen LogP contribution in [-0.2, 0) is 20.7 Å². The molecule has 24 heavy (non-hydrogen) atoms. The van der Waals surface area contributed by atoms with Crippen molar-refractivity contribution in [1.29, 1.82) is 5.26 Å². The molecule has 122 valence electrons. The van der Waals surface area contributed by atoms with Crippen molar-refractivity contribution in [2.75, 3.05) is 5.32 Å². The fraction of sp³-hybridized carbons (Fsp3) is 0.167. The molecule has 0 heterocycles. The second-order valence-electron chi connectivity index (χ2n) is 5.08. The van der Waals surface area contributed by atoms with Crippen molar-refractivity contribution in [3.8, 4) is 6.07 Å². The number of nitrogens with one attached hydrogen (secondary N) is 1. The summed E-state index contributed by atoms with van der Waals surface area (Å²) in [6.45, 7) is 1.48. The number of carbonyl (C=O) groups excluding carboxylic acids is 2. The maximum atomic E-state index is 12.1. The van der Waals surface area contributed by atoms with Gasteiger partial charge in [0.2, 0.25) is 0 Å². The molecule has 2 aromatic rings. The van der Waals surface area contributed by atoms with E-state index in [0.717, 1.165) is 5.56 Å². The summed E-state index contributed by atoms with van der Waals surface area (Å²) in [5.41, 5.74) is 1.46. The normalized spacial score (nSPS) is 11.2. The van der Waals surface area contributed by atoms with E-state index in [2.05, 4.69) is 5.32 Å². The zero-order valence-corrected chi connectivity index (χ0v) is 13.7. The highest BCUT2D eigenvalue weighted by molar-refractivity contribution is 6.30. The highest BCUT2D eigenvalue weighted by Crippen LogP contribution is 2.15. The molecule has 2 aromatic carbocycles. The molecule has 0 saturated carbocycles. The molecule has 0 aromatic heterocycles. The molecule has 1 atom stereocenters. The number of rotatable bonds is 5. The molecule has 0 saturated heterocycles. The maximum absolute atomic E-state index is 12.1. The topological polar surface area (TPSA) is 79.2 Å². The number of amides is 1. The van der Waals surface area contributed by atoms with Crippen LogP contribution in [0.1, 0.15) is 18.1 Å². The lowest BCUT2D eigenvalue weighted by molar-refractivity contribution is -0.152. The van der Waals surface area contributed by atoms with E-state index in [4.69, 9.17) is 21.6 Å². The molecule has 5 nitrogen and oxygen atoms in total. The molecular weight excluding hydrogens is 328 g/mol. The van der Waals surface area contributed by atoms with E-state index < -0.39 is 18.0 Å². The molecule has 0 aliphatic rings. The molecule has 1 amide bonds. The SMILES string of the molecule is C[C@@H](OC(=O)Cc1ccc(Cl)cc1)C(=O)Nc1ccccc1C#N. The molecule has 0 aliphatic heterocycles. The number of nitriles is 1. The fourth-order valence-electron chi connectivity index (χ4n) is 1.99. The Morgan fingerprint density at radius 3 is 2.54 bits per heavy atom. The smallest absolute Gasteiger partial charge is 0.311 e. The Hall–Kier alpha value is -2.84. The number of carbonyl (C=O) groups is 2. The van der Waals surface area contributed by atoms with E-state index in [-0.39, 0.29) is 6.42 Å². The third-order valence-electron chi connectivity index (χ3n) is 3.24. The van der Waals surface area contributed by atoms with Gasteiger partial charge in [-0.25, -0.2) is 0 Å². The molecule has 0 unspecified atom stereocenters. The summed E-state index contributed by atoms with van der Waals surface area (Å²) in [6.07, 6.45) is -0.930. The average Bonchev–Trinajstić information content (AvgIpc) is 2.57. The molecule has 0 radical (unpaired) electrons. The van der Waals surface area contributed by atoms with Crippen molar-refractivity contribution in [3.63, 3.8) is 0 Å². The summed E-state index contributed by atoms with van der Waals surface area (Å²) < 4.78 is 5.13. The second kappa shape index (κ2) is 8.14. The van der Waals surface area contributed by atoms with Gasteiger partial charge in [-0.05, 0) is 36.8 Å². The highest BCUT2D eigenvalue weighted by Gasteiger charge is 2.19. The number of nitrogens with zero attached hydrogens (tertiary/aromatic N) is 1. The molecule has 0 bridgehead atoms. The number of anilines is 1. The predicted octanol–water partition coefficient (Wildman–Crippen LogP) is 3.32. The van der Waals surface area contributed by atoms with Crippen LogP contribution in [-0.4, -0.2) is 18.0 Å². The Balaban J connectivity index is 1.92. The Labute approximate surface area is 144 Å². The van der Waals surface area contributed by atoms with Crippen LogP contribution < -0.4 is 5.32 Å². The molecular formula is C18H15ClN2O3. The summed E-state index contributed by atoms with van der Waals surface area (Å²) in [4.78, 5) is 24.0. The van der Waals surface area contributed by atoms with Crippen molar-refractivity contribution in [2.24, 2.45) is 0 Å². The van der Waals surface area contributed by atoms with Crippen LogP contribution in [0, 0.1) is 11.3 Å². The van der Waals surface area contributed by atoms with Crippen LogP contribution in [0.4, 0.5) is 5.69 Å². The number of para-hydroxylation sites is 1. The Morgan fingerprint density at radius 2 is 1.88 bits per heavy atom. The van der Waals surface area contributed by atoms with Crippen molar-refractivity contribution >= 4 is 29.2 Å². The number of halogens is 1. The number of hydrogen-bond acceptors (Lipinski definition) is 4. The summed E-state index contributed by atoms with van der Waals surface area (Å²) in [7, 11) is 0. The van der Waals surface area contributed by atoms with Crippen LogP contribution in [0.5, 0.6) is 0 Å². The lowest BCUT2D eigenvalue weighted by Gasteiger charge is -2.14. The third kappa shape index (κ3) is 4.83. The van der Waals surface area contributed by atoms with E-state index in [9.17, 15) is 9.59 Å². The highest BCUT2D eigenvalue weighted by atomic mass is 35.5. The first-order valence-corrected chi connectivity index (χ1v) is 7.61. The van der Waals surface area contributed by atoms with Gasteiger partial charge in [-0.15, -0.1) is 0 Å². The van der Waals surface area contributed by atoms with Gasteiger partial charge in [-0.2, -0.15) is 5.26 Å². The monoisotopic (exact) mass is 342 g/mol. The number of benzene rings is 2. The van der Waals surface area contributed by atoms with Crippen LogP contribution in [0.3, 0.4) is 0 Å². The van der Waals surface area contributed by atoms with Gasteiger partial charge >= 0.3 is 5.97 Å². The molecule has 1 N–H and O–H groups in total. The Bertz CT molecular complexity index is 782. The van der Waals surface area contributed by atoms with E-state index in [1.54, 1.807) is 48.5 Å². The van der Waals surface area contributed by atoms with Gasteiger partial charge in [-0.1, -0.05) is 35.9 Å². The van der Waals surface area contributed by atoms with E-state index in [1.165, 1.54) is 6.92 Å². The van der Waals surface area contributed by atoms with Gasteiger partial charge in [0.05, 0.1) is 17.7 Å². The summed E-state index contributed by atoms with van der Waals surface area (Å²) >= 11 is 5.78. The Morgan fingerprint density at radius 1 is 1.21 bits per heavy atom. The van der Waals surface area contributed by atoms with Gasteiger partial charge in [0.15, 0.2) is 6.10 Å². The van der Waals surface area contributed by atoms with Crippen molar-refractivity contribution in [1.82, 2.24) is 0 Å². The van der Waals surface area contributed by atoms with Crippen molar-refractivity contribution in [2.45, 2.75) is 19.4 Å². The average molecular weight is 343 g/mol. The van der Waals surface area contributed by atoms with Crippen LogP contribution in [0.25, 0.3) is 0 Å². The summed E-state index contributed by atoms with van der Waals surface area (Å²) in [5, 5.41) is 12.2. The van der Waals surface area contributed by atoms with E-state index in [1.807, 2.05) is 6.07 Å². The lowest BCUT2D eigenvalue weighted by atomic mass is 10.1. The largest absolute Gasteiger partial charge is 0.452 e. The molecule has 2 rings (SSSR count). The standard InChI is InChI=1S/C18H15ClN2O3/c1-12(18(23)21-16-5-3-2-4-14(16)11-20)24-17(22)10-13-6-8-15(19)9-7-13/h2-9,12H,10H2,1H3,(H,21,23)/t12-/m1/s1. The molecule has 0 spiro atoms. The van der Waals surface area contributed by atoms with E-state index >= 15 is 0 Å². The number of esters is 1. The number of hydrogen-bond donors (Lipinski definition) is 1. The minimum absolute atomic E-state index is 0.0452. The zero-order valence-electron chi connectivity index (χ0n) is 13.0. The first kappa shape index (κ1) is 17.5. The van der Waals surface area contributed by atoms with Crippen LogP contribution in [0.2, 0.25) is 5.02 Å². The second-order valence-corrected chi connectivity index (χ2v) is 5.52. The fourth-order valence-corrected chi connectivity index (χ4v) is 2.11. The lowest BCUT2D eigenvalue weighted by Crippen LogP contribution is -2.30. The van der Waals surface area contributed by atoms with Crippen molar-refractivity contribution < 1.29 is 14.3 Å². The van der Waals surface area contributed by atoms with Gasteiger partial charge in [0.25, 0.3) is 5.91 Å². The first-order valence-electron chi connectivity index (χ1n) is 7.23. The van der Waals surface area contributed by atoms with Crippen LogP contribution >= 0.6 is 11.6 Å². The zero-order chi connectivity index (χ0) is 17.5. The van der Waals surface area contributed by atoms with E-state index in [0.29, 0.717) is 16.3 Å². The predicted molar refractivity (Wildman–Crippen MR) is 90.5 cm³/mol. The first-order chi connectivity index (χ1) is 11.5. The summed E-state index contributed by atoms with van der Waals surface area (Å²) in [6, 6.07) is 15.4. The van der Waals surface area contributed by atoms with Crippen LogP contribution in [0.15, 0.2) is 48.5 Å².